The van der Waals surface area contributed by atoms with Crippen LogP contribution >= 0.6 is 0 Å². The van der Waals surface area contributed by atoms with Gasteiger partial charge in [-0.1, -0.05) is 18.2 Å². The van der Waals surface area contributed by atoms with Crippen molar-refractivity contribution in [3.8, 4) is 0 Å². The number of carboxylic acids is 1. The summed E-state index contributed by atoms with van der Waals surface area (Å²) in [6.07, 6.45) is 0.256. The van der Waals surface area contributed by atoms with E-state index in [1.54, 1.807) is 4.90 Å². The maximum absolute atomic E-state index is 12.1. The first-order valence-electron chi connectivity index (χ1n) is 7.05. The molecular formula is C16H21NO4. The van der Waals surface area contributed by atoms with Crippen LogP contribution in [0.2, 0.25) is 0 Å². The summed E-state index contributed by atoms with van der Waals surface area (Å²) in [5, 5.41) is 8.81. The average molecular weight is 291 g/mol. The molecule has 0 atom stereocenters. The molecule has 1 aliphatic heterocycles. The number of carbonyl (C=O) groups is 2. The van der Waals surface area contributed by atoms with Gasteiger partial charge in [0.05, 0.1) is 0 Å². The number of hydrogen-bond donors (Lipinski definition) is 1. The molecule has 114 valence electrons. The summed E-state index contributed by atoms with van der Waals surface area (Å²) < 4.78 is 5.38. The van der Waals surface area contributed by atoms with Gasteiger partial charge in [0.25, 0.3) is 0 Å². The number of carbonyl (C=O) groups excluding carboxylic acids is 1. The molecule has 0 saturated carbocycles. The Kier molecular flexibility index (Phi) is 4.21. The number of aliphatic carboxylic acids is 1. The summed E-state index contributed by atoms with van der Waals surface area (Å²) in [4.78, 5) is 24.5. The number of carboxylic acid groups (broad SMARTS) is 1. The van der Waals surface area contributed by atoms with E-state index in [-0.39, 0.29) is 12.5 Å². The van der Waals surface area contributed by atoms with Crippen molar-refractivity contribution < 1.29 is 19.4 Å². The molecular weight excluding hydrogens is 270 g/mol. The number of benzene rings is 1. The smallest absolute Gasteiger partial charge is 0.410 e. The minimum atomic E-state index is -0.811. The lowest BCUT2D eigenvalue weighted by molar-refractivity contribution is -0.136. The highest BCUT2D eigenvalue weighted by atomic mass is 16.6. The Morgan fingerprint density at radius 3 is 2.62 bits per heavy atom. The lowest BCUT2D eigenvalue weighted by Crippen LogP contribution is -2.33. The second kappa shape index (κ2) is 5.76. The van der Waals surface area contributed by atoms with E-state index in [0.717, 1.165) is 16.7 Å². The Labute approximate surface area is 124 Å². The standard InChI is InChI=1S/C16H21NO4/c1-16(2,3)21-15(20)17-9-12-6-4-5-11(13(12)10-17)7-8-14(18)19/h4-6H,7-10H2,1-3H3,(H,18,19). The van der Waals surface area contributed by atoms with E-state index in [1.165, 1.54) is 0 Å². The Morgan fingerprint density at radius 1 is 1.29 bits per heavy atom. The SMILES string of the molecule is CC(C)(C)OC(=O)N1Cc2cccc(CCC(=O)O)c2C1. The summed E-state index contributed by atoms with van der Waals surface area (Å²) in [7, 11) is 0. The molecule has 0 bridgehead atoms. The van der Waals surface area contributed by atoms with E-state index >= 15 is 0 Å². The van der Waals surface area contributed by atoms with Crippen molar-refractivity contribution in [2.45, 2.75) is 52.3 Å². The van der Waals surface area contributed by atoms with E-state index in [0.29, 0.717) is 19.5 Å². The Balaban J connectivity index is 2.10. The summed E-state index contributed by atoms with van der Waals surface area (Å²) in [5.41, 5.74) is 2.62. The van der Waals surface area contributed by atoms with E-state index in [2.05, 4.69) is 0 Å². The van der Waals surface area contributed by atoms with Crippen molar-refractivity contribution in [1.29, 1.82) is 0 Å². The van der Waals surface area contributed by atoms with Gasteiger partial charge in [0.2, 0.25) is 0 Å². The molecule has 1 N–H and O–H groups in total. The zero-order chi connectivity index (χ0) is 15.6. The minimum Gasteiger partial charge on any atom is -0.481 e. The fraction of sp³-hybridized carbons (Fsp3) is 0.500. The predicted octanol–water partition coefficient (Wildman–Crippen LogP) is 2.95. The predicted molar refractivity (Wildman–Crippen MR) is 77.9 cm³/mol. The average Bonchev–Trinajstić information content (AvgIpc) is 2.78. The van der Waals surface area contributed by atoms with Crippen molar-refractivity contribution >= 4 is 12.1 Å². The third-order valence-electron chi connectivity index (χ3n) is 3.34. The number of amides is 1. The van der Waals surface area contributed by atoms with Crippen LogP contribution in [0.4, 0.5) is 4.79 Å². The highest BCUT2D eigenvalue weighted by molar-refractivity contribution is 5.70. The largest absolute Gasteiger partial charge is 0.481 e. The van der Waals surface area contributed by atoms with E-state index in [4.69, 9.17) is 9.84 Å². The number of rotatable bonds is 3. The Morgan fingerprint density at radius 2 is 2.00 bits per heavy atom. The van der Waals surface area contributed by atoms with E-state index < -0.39 is 11.6 Å². The van der Waals surface area contributed by atoms with Crippen molar-refractivity contribution in [3.63, 3.8) is 0 Å². The highest BCUT2D eigenvalue weighted by Crippen LogP contribution is 2.28. The third kappa shape index (κ3) is 3.97. The van der Waals surface area contributed by atoms with Gasteiger partial charge in [-0.05, 0) is 43.9 Å². The lowest BCUT2D eigenvalue weighted by atomic mass is 10.00. The molecule has 1 heterocycles. The van der Waals surface area contributed by atoms with Gasteiger partial charge in [0.15, 0.2) is 0 Å². The quantitative estimate of drug-likeness (QED) is 0.929. The van der Waals surface area contributed by atoms with Gasteiger partial charge in [-0.25, -0.2) is 4.79 Å². The number of nitrogens with zero attached hydrogens (tertiary/aromatic N) is 1. The van der Waals surface area contributed by atoms with Crippen molar-refractivity contribution in [2.75, 3.05) is 0 Å². The van der Waals surface area contributed by atoms with Gasteiger partial charge in [0, 0.05) is 19.5 Å². The first-order valence-corrected chi connectivity index (χ1v) is 7.05. The summed E-state index contributed by atoms with van der Waals surface area (Å²) in [6, 6.07) is 5.82. The second-order valence-electron chi connectivity index (χ2n) is 6.28. The molecule has 0 unspecified atom stereocenters. The molecule has 1 aromatic carbocycles. The normalized spacial score (nSPS) is 14.0. The molecule has 1 aliphatic rings. The van der Waals surface area contributed by atoms with Gasteiger partial charge in [0.1, 0.15) is 5.60 Å². The maximum Gasteiger partial charge on any atom is 0.410 e. The van der Waals surface area contributed by atoms with Crippen LogP contribution in [0.3, 0.4) is 0 Å². The number of ether oxygens (including phenoxy) is 1. The topological polar surface area (TPSA) is 66.8 Å². The molecule has 0 radical (unpaired) electrons. The van der Waals surface area contributed by atoms with Crippen molar-refractivity contribution in [1.82, 2.24) is 4.90 Å². The molecule has 1 amide bonds. The molecule has 5 nitrogen and oxygen atoms in total. The number of hydrogen-bond acceptors (Lipinski definition) is 3. The van der Waals surface area contributed by atoms with Crippen LogP contribution in [0.25, 0.3) is 0 Å². The summed E-state index contributed by atoms with van der Waals surface area (Å²) >= 11 is 0. The molecule has 0 aliphatic carbocycles. The molecule has 0 saturated heterocycles. The third-order valence-corrected chi connectivity index (χ3v) is 3.34. The van der Waals surface area contributed by atoms with Gasteiger partial charge < -0.3 is 9.84 Å². The second-order valence-corrected chi connectivity index (χ2v) is 6.28. The van der Waals surface area contributed by atoms with Crippen LogP contribution in [0, 0.1) is 0 Å². The van der Waals surface area contributed by atoms with Gasteiger partial charge in [-0.2, -0.15) is 0 Å². The van der Waals surface area contributed by atoms with Crippen LogP contribution in [0.1, 0.15) is 43.9 Å². The monoisotopic (exact) mass is 291 g/mol. The zero-order valence-corrected chi connectivity index (χ0v) is 12.7. The molecule has 0 spiro atoms. The van der Waals surface area contributed by atoms with Crippen LogP contribution in [0.15, 0.2) is 18.2 Å². The van der Waals surface area contributed by atoms with Crippen LogP contribution < -0.4 is 0 Å². The van der Waals surface area contributed by atoms with Gasteiger partial charge >= 0.3 is 12.1 Å². The van der Waals surface area contributed by atoms with Gasteiger partial charge in [-0.3, -0.25) is 9.69 Å². The number of aryl methyl sites for hydroxylation is 1. The molecule has 5 heteroatoms. The summed E-state index contributed by atoms with van der Waals surface area (Å²) in [5.74, 6) is -0.811. The Hall–Kier alpha value is -2.04. The molecule has 2 rings (SSSR count). The first kappa shape index (κ1) is 15.4. The van der Waals surface area contributed by atoms with Crippen LogP contribution in [-0.2, 0) is 29.0 Å². The van der Waals surface area contributed by atoms with Gasteiger partial charge in [-0.15, -0.1) is 0 Å². The van der Waals surface area contributed by atoms with E-state index in [9.17, 15) is 9.59 Å². The number of fused-ring (bicyclic) bond motifs is 1. The zero-order valence-electron chi connectivity index (χ0n) is 12.7. The van der Waals surface area contributed by atoms with Crippen LogP contribution in [0.5, 0.6) is 0 Å². The van der Waals surface area contributed by atoms with Crippen molar-refractivity contribution in [3.05, 3.63) is 34.9 Å². The van der Waals surface area contributed by atoms with Crippen molar-refractivity contribution in [2.24, 2.45) is 0 Å². The first-order chi connectivity index (χ1) is 9.76. The Bertz CT molecular complexity index is 560. The lowest BCUT2D eigenvalue weighted by Gasteiger charge is -2.24. The molecule has 1 aromatic rings. The molecule has 0 fully saturated rings. The maximum atomic E-state index is 12.1. The van der Waals surface area contributed by atoms with E-state index in [1.807, 2.05) is 39.0 Å². The highest BCUT2D eigenvalue weighted by Gasteiger charge is 2.28. The minimum absolute atomic E-state index is 0.100. The fourth-order valence-corrected chi connectivity index (χ4v) is 2.42. The molecule has 0 aromatic heterocycles. The fourth-order valence-electron chi connectivity index (χ4n) is 2.42. The molecule has 21 heavy (non-hydrogen) atoms. The summed E-state index contributed by atoms with van der Waals surface area (Å²) in [6.45, 7) is 6.52. The van der Waals surface area contributed by atoms with Crippen LogP contribution in [-0.4, -0.2) is 27.7 Å².